The van der Waals surface area contributed by atoms with Gasteiger partial charge in [0.15, 0.2) is 0 Å². The van der Waals surface area contributed by atoms with Crippen LogP contribution in [0.4, 0.5) is 0 Å². The van der Waals surface area contributed by atoms with Crippen LogP contribution in [0.1, 0.15) is 104 Å². The van der Waals surface area contributed by atoms with E-state index in [2.05, 4.69) is 72.4 Å². The van der Waals surface area contributed by atoms with Crippen molar-refractivity contribution in [3.05, 3.63) is 71.8 Å². The summed E-state index contributed by atoms with van der Waals surface area (Å²) in [5, 5.41) is 0. The quantitative estimate of drug-likeness (QED) is 0.331. The fraction of sp³-hybridized carbons (Fsp3) is 0.636. The van der Waals surface area contributed by atoms with Crippen molar-refractivity contribution in [1.82, 2.24) is 0 Å². The summed E-state index contributed by atoms with van der Waals surface area (Å²) in [6.45, 7) is 28.2. The van der Waals surface area contributed by atoms with Gasteiger partial charge in [0, 0.05) is 0 Å². The third-order valence-electron chi connectivity index (χ3n) is 9.12. The molecule has 0 heterocycles. The molecule has 1 aromatic rings. The normalized spacial score (nSPS) is 24.9. The second-order valence-corrected chi connectivity index (χ2v) is 12.7. The Labute approximate surface area is 205 Å². The molecule has 182 valence electrons. The highest BCUT2D eigenvalue weighted by Crippen LogP contribution is 2.50. The standard InChI is InChI=1S/C33H50/c1-22(2)25(5)23(3)21-32(33(7,8)9)26(6)30-19-13-18-29(30)24(4)20-28-16-12-15-27-14-10-11-17-31(27)28/h10-11,14,17,22,25,28-30,32H,3-4,6,12-13,15-16,18-21H2,1-2,5,7-9H3/t25-,28+,29?,30?,32-/m1/s1. The van der Waals surface area contributed by atoms with Crippen LogP contribution >= 0.6 is 0 Å². The number of fused-ring (bicyclic) bond motifs is 1. The van der Waals surface area contributed by atoms with Crippen molar-refractivity contribution in [1.29, 1.82) is 0 Å². The zero-order valence-electron chi connectivity index (χ0n) is 22.6. The smallest absolute Gasteiger partial charge is 0.0117 e. The van der Waals surface area contributed by atoms with Crippen molar-refractivity contribution < 1.29 is 0 Å². The van der Waals surface area contributed by atoms with Crippen LogP contribution in [0.5, 0.6) is 0 Å². The van der Waals surface area contributed by atoms with Gasteiger partial charge in [0.2, 0.25) is 0 Å². The Morgan fingerprint density at radius 2 is 1.61 bits per heavy atom. The van der Waals surface area contributed by atoms with E-state index in [1.807, 2.05) is 0 Å². The lowest BCUT2D eigenvalue weighted by atomic mass is 9.66. The molecule has 3 rings (SSSR count). The number of benzene rings is 1. The maximum atomic E-state index is 4.79. The van der Waals surface area contributed by atoms with Crippen LogP contribution < -0.4 is 0 Å². The van der Waals surface area contributed by atoms with Crippen LogP contribution in [-0.4, -0.2) is 0 Å². The summed E-state index contributed by atoms with van der Waals surface area (Å²) in [6, 6.07) is 9.13. The van der Waals surface area contributed by atoms with Gasteiger partial charge in [-0.2, -0.15) is 0 Å². The molecule has 0 bridgehead atoms. The lowest BCUT2D eigenvalue weighted by Crippen LogP contribution is -2.29. The molecule has 5 atom stereocenters. The Hall–Kier alpha value is -1.56. The fourth-order valence-corrected chi connectivity index (χ4v) is 6.60. The Balaban J connectivity index is 1.74. The molecular weight excluding hydrogens is 396 g/mol. The Bertz CT molecular complexity index is 845. The minimum Gasteiger partial charge on any atom is -0.0996 e. The van der Waals surface area contributed by atoms with Crippen molar-refractivity contribution in [3.8, 4) is 0 Å². The highest BCUT2D eigenvalue weighted by molar-refractivity contribution is 5.34. The van der Waals surface area contributed by atoms with E-state index in [4.69, 9.17) is 13.2 Å². The largest absolute Gasteiger partial charge is 0.0996 e. The predicted octanol–water partition coefficient (Wildman–Crippen LogP) is 9.93. The Kier molecular flexibility index (Phi) is 8.52. The minimum absolute atomic E-state index is 0.202. The molecule has 33 heavy (non-hydrogen) atoms. The Morgan fingerprint density at radius 1 is 0.939 bits per heavy atom. The van der Waals surface area contributed by atoms with Gasteiger partial charge in [0.1, 0.15) is 0 Å². The first-order valence-electron chi connectivity index (χ1n) is 13.6. The second kappa shape index (κ2) is 10.8. The molecule has 0 nitrogen and oxygen atoms in total. The summed E-state index contributed by atoms with van der Waals surface area (Å²) in [5.74, 6) is 3.53. The predicted molar refractivity (Wildman–Crippen MR) is 147 cm³/mol. The third kappa shape index (κ3) is 6.12. The SMILES string of the molecule is C=C(C[C@@H]1CCCc2ccccc21)C1CCCC1C(=C)[C@@H](CC(=C)[C@H](C)C(C)C)C(C)(C)C. The number of rotatable bonds is 9. The van der Waals surface area contributed by atoms with E-state index in [0.29, 0.717) is 35.5 Å². The zero-order chi connectivity index (χ0) is 24.3. The van der Waals surface area contributed by atoms with Crippen molar-refractivity contribution in [2.45, 2.75) is 98.8 Å². The molecule has 0 spiro atoms. The van der Waals surface area contributed by atoms with E-state index >= 15 is 0 Å². The van der Waals surface area contributed by atoms with Crippen molar-refractivity contribution >= 4 is 0 Å². The number of hydrogen-bond acceptors (Lipinski definition) is 0. The highest BCUT2D eigenvalue weighted by Gasteiger charge is 2.38. The molecule has 0 aliphatic heterocycles. The van der Waals surface area contributed by atoms with E-state index in [9.17, 15) is 0 Å². The van der Waals surface area contributed by atoms with Crippen LogP contribution in [0.15, 0.2) is 60.7 Å². The summed E-state index contributed by atoms with van der Waals surface area (Å²) in [5.41, 5.74) is 7.73. The summed E-state index contributed by atoms with van der Waals surface area (Å²) >= 11 is 0. The molecule has 0 saturated heterocycles. The van der Waals surface area contributed by atoms with E-state index < -0.39 is 0 Å². The van der Waals surface area contributed by atoms with Crippen LogP contribution in [0, 0.1) is 35.0 Å². The van der Waals surface area contributed by atoms with Crippen molar-refractivity contribution in [2.24, 2.45) is 35.0 Å². The van der Waals surface area contributed by atoms with Gasteiger partial charge in [-0.05, 0) is 97.0 Å². The number of aryl methyl sites for hydroxylation is 1. The average molecular weight is 447 g/mol. The summed E-state index contributed by atoms with van der Waals surface area (Å²) in [4.78, 5) is 0. The molecular formula is C33H50. The topological polar surface area (TPSA) is 0 Å². The van der Waals surface area contributed by atoms with Gasteiger partial charge in [-0.3, -0.25) is 0 Å². The van der Waals surface area contributed by atoms with Crippen LogP contribution in [0.25, 0.3) is 0 Å². The van der Waals surface area contributed by atoms with Crippen LogP contribution in [0.3, 0.4) is 0 Å². The first kappa shape index (κ1) is 26.1. The molecule has 2 aliphatic rings. The first-order valence-corrected chi connectivity index (χ1v) is 13.6. The van der Waals surface area contributed by atoms with E-state index in [-0.39, 0.29) is 5.41 Å². The van der Waals surface area contributed by atoms with Gasteiger partial charge in [0.05, 0.1) is 0 Å². The monoisotopic (exact) mass is 446 g/mol. The molecule has 2 aliphatic carbocycles. The van der Waals surface area contributed by atoms with Crippen molar-refractivity contribution in [2.75, 3.05) is 0 Å². The van der Waals surface area contributed by atoms with Gasteiger partial charge >= 0.3 is 0 Å². The van der Waals surface area contributed by atoms with Gasteiger partial charge in [-0.15, -0.1) is 0 Å². The maximum Gasteiger partial charge on any atom is -0.0117 e. The molecule has 0 amide bonds. The molecule has 0 N–H and O–H groups in total. The molecule has 1 aromatic carbocycles. The first-order chi connectivity index (χ1) is 15.5. The van der Waals surface area contributed by atoms with Gasteiger partial charge in [-0.1, -0.05) is 109 Å². The third-order valence-corrected chi connectivity index (χ3v) is 9.12. The van der Waals surface area contributed by atoms with Gasteiger partial charge < -0.3 is 0 Å². The summed E-state index contributed by atoms with van der Waals surface area (Å²) < 4.78 is 0. The van der Waals surface area contributed by atoms with E-state index in [0.717, 1.165) is 12.8 Å². The van der Waals surface area contributed by atoms with E-state index in [1.165, 1.54) is 55.2 Å². The maximum absolute atomic E-state index is 4.79. The zero-order valence-corrected chi connectivity index (χ0v) is 22.6. The van der Waals surface area contributed by atoms with Gasteiger partial charge in [-0.25, -0.2) is 0 Å². The van der Waals surface area contributed by atoms with Crippen LogP contribution in [-0.2, 0) is 6.42 Å². The highest BCUT2D eigenvalue weighted by atomic mass is 14.4. The Morgan fingerprint density at radius 3 is 2.27 bits per heavy atom. The number of hydrogen-bond donors (Lipinski definition) is 0. The minimum atomic E-state index is 0.202. The molecule has 2 unspecified atom stereocenters. The van der Waals surface area contributed by atoms with Crippen LogP contribution in [0.2, 0.25) is 0 Å². The second-order valence-electron chi connectivity index (χ2n) is 12.7. The number of allylic oxidation sites excluding steroid dienone is 3. The van der Waals surface area contributed by atoms with E-state index in [1.54, 1.807) is 11.1 Å². The molecule has 0 aromatic heterocycles. The lowest BCUT2D eigenvalue weighted by Gasteiger charge is -2.39. The molecule has 1 fully saturated rings. The molecule has 0 heteroatoms. The van der Waals surface area contributed by atoms with Gasteiger partial charge in [0.25, 0.3) is 0 Å². The average Bonchev–Trinajstić information content (AvgIpc) is 3.26. The summed E-state index contributed by atoms with van der Waals surface area (Å²) in [6.07, 6.45) is 9.99. The van der Waals surface area contributed by atoms with Crippen molar-refractivity contribution in [3.63, 3.8) is 0 Å². The fourth-order valence-electron chi connectivity index (χ4n) is 6.60. The lowest BCUT2D eigenvalue weighted by molar-refractivity contribution is 0.243. The summed E-state index contributed by atoms with van der Waals surface area (Å²) in [7, 11) is 0. The molecule has 0 radical (unpaired) electrons. The molecule has 1 saturated carbocycles.